The topological polar surface area (TPSA) is 23.9 Å². The predicted octanol–water partition coefficient (Wildman–Crippen LogP) is 13.6. The van der Waals surface area contributed by atoms with E-state index in [-0.39, 0.29) is 0 Å². The van der Waals surface area contributed by atoms with E-state index in [2.05, 4.69) is 148 Å². The zero-order valence-corrected chi connectivity index (χ0v) is 31.4. The predicted molar refractivity (Wildman–Crippen MR) is 208 cm³/mol. The number of hydrogen-bond acceptors (Lipinski definition) is 1. The average molecular weight is 608 g/mol. The van der Waals surface area contributed by atoms with Crippen molar-refractivity contribution >= 4 is 11.8 Å². The maximum Gasteiger partial charge on any atom is 0.0209 e. The van der Waals surface area contributed by atoms with E-state index in [4.69, 9.17) is 5.41 Å². The second kappa shape index (κ2) is 25.6. The third-order valence-corrected chi connectivity index (χ3v) is 6.91. The Kier molecular flexibility index (Phi) is 24.7. The van der Waals surface area contributed by atoms with Crippen LogP contribution in [-0.2, 0) is 19.3 Å². The van der Waals surface area contributed by atoms with Crippen molar-refractivity contribution in [2.24, 2.45) is 0 Å². The second-order valence-electron chi connectivity index (χ2n) is 11.2. The lowest BCUT2D eigenvalue weighted by atomic mass is 9.96. The molecule has 45 heavy (non-hydrogen) atoms. The van der Waals surface area contributed by atoms with E-state index in [0.29, 0.717) is 0 Å². The molecule has 246 valence electrons. The summed E-state index contributed by atoms with van der Waals surface area (Å²) < 4.78 is 0. The SMILES string of the molecule is C=C(C)Cc1ccc(C)cc1C.CC.CC.CC(C)=C/C(=C\C(C)=C(/C)C=N)c1ccccc1C.CCc1cccc(CC)c1. The average Bonchev–Trinajstić information content (AvgIpc) is 3.04. The maximum absolute atomic E-state index is 7.34. The molecule has 0 amide bonds. The van der Waals surface area contributed by atoms with Gasteiger partial charge in [-0.15, -0.1) is 0 Å². The van der Waals surface area contributed by atoms with Crippen LogP contribution in [0.25, 0.3) is 5.57 Å². The molecule has 0 spiro atoms. The Bertz CT molecular complexity index is 1350. The first kappa shape index (κ1) is 43.4. The fourth-order valence-electron chi connectivity index (χ4n) is 4.30. The van der Waals surface area contributed by atoms with Gasteiger partial charge in [-0.2, -0.15) is 0 Å². The Morgan fingerprint density at radius 1 is 0.667 bits per heavy atom. The van der Waals surface area contributed by atoms with E-state index in [0.717, 1.165) is 30.4 Å². The lowest BCUT2D eigenvalue weighted by Crippen LogP contribution is -1.90. The van der Waals surface area contributed by atoms with Gasteiger partial charge in [-0.25, -0.2) is 0 Å². The monoisotopic (exact) mass is 608 g/mol. The molecule has 0 saturated carbocycles. The molecule has 0 unspecified atom stereocenters. The summed E-state index contributed by atoms with van der Waals surface area (Å²) in [7, 11) is 0. The molecule has 3 aromatic carbocycles. The van der Waals surface area contributed by atoms with Crippen molar-refractivity contribution in [3.05, 3.63) is 147 Å². The van der Waals surface area contributed by atoms with Crippen LogP contribution in [0.3, 0.4) is 0 Å². The molecule has 0 radical (unpaired) electrons. The van der Waals surface area contributed by atoms with Gasteiger partial charge in [-0.1, -0.05) is 144 Å². The molecule has 0 heterocycles. The molecule has 0 bridgehead atoms. The molecule has 0 fully saturated rings. The van der Waals surface area contributed by atoms with Gasteiger partial charge in [-0.05, 0) is 125 Å². The van der Waals surface area contributed by atoms with E-state index in [1.54, 1.807) is 0 Å². The van der Waals surface area contributed by atoms with Crippen molar-refractivity contribution in [2.75, 3.05) is 0 Å². The highest BCUT2D eigenvalue weighted by Gasteiger charge is 2.03. The van der Waals surface area contributed by atoms with E-state index in [1.165, 1.54) is 61.9 Å². The molecule has 0 saturated heterocycles. The zero-order chi connectivity index (χ0) is 34.9. The van der Waals surface area contributed by atoms with Gasteiger partial charge < -0.3 is 5.41 Å². The zero-order valence-electron chi connectivity index (χ0n) is 31.4. The Balaban J connectivity index is 0. The minimum Gasteiger partial charge on any atom is -0.308 e. The first-order valence-electron chi connectivity index (χ1n) is 16.8. The summed E-state index contributed by atoms with van der Waals surface area (Å²) >= 11 is 0. The minimum absolute atomic E-state index is 0.994. The first-order chi connectivity index (χ1) is 21.4. The molecule has 1 N–H and O–H groups in total. The Morgan fingerprint density at radius 2 is 1.22 bits per heavy atom. The smallest absolute Gasteiger partial charge is 0.0209 e. The van der Waals surface area contributed by atoms with Gasteiger partial charge in [0.2, 0.25) is 0 Å². The van der Waals surface area contributed by atoms with E-state index in [1.807, 2.05) is 34.6 Å². The Labute approximate surface area is 279 Å². The number of allylic oxidation sites excluding steroid dienone is 7. The van der Waals surface area contributed by atoms with Crippen molar-refractivity contribution in [1.29, 1.82) is 5.41 Å². The van der Waals surface area contributed by atoms with Crippen LogP contribution in [0.2, 0.25) is 0 Å². The van der Waals surface area contributed by atoms with Gasteiger partial charge in [0.05, 0.1) is 0 Å². The fourth-order valence-corrected chi connectivity index (χ4v) is 4.30. The van der Waals surface area contributed by atoms with Crippen LogP contribution in [0, 0.1) is 26.2 Å². The minimum atomic E-state index is 0.994. The van der Waals surface area contributed by atoms with Gasteiger partial charge in [0.25, 0.3) is 0 Å². The van der Waals surface area contributed by atoms with Crippen molar-refractivity contribution in [3.8, 4) is 0 Å². The highest BCUT2D eigenvalue weighted by molar-refractivity contribution is 5.82. The van der Waals surface area contributed by atoms with Crippen molar-refractivity contribution in [2.45, 2.75) is 116 Å². The van der Waals surface area contributed by atoms with Crippen LogP contribution in [0.4, 0.5) is 0 Å². The summed E-state index contributed by atoms with van der Waals surface area (Å²) in [4.78, 5) is 0. The number of aryl methyl sites for hydroxylation is 5. The third-order valence-electron chi connectivity index (χ3n) is 6.91. The number of benzene rings is 3. The molecular formula is C44H65N. The molecule has 0 aliphatic carbocycles. The molecule has 1 heteroatoms. The number of hydrogen-bond donors (Lipinski definition) is 1. The molecule has 3 aromatic rings. The molecule has 0 aliphatic heterocycles. The van der Waals surface area contributed by atoms with Gasteiger partial charge >= 0.3 is 0 Å². The molecule has 0 atom stereocenters. The maximum atomic E-state index is 7.34. The Morgan fingerprint density at radius 3 is 1.67 bits per heavy atom. The van der Waals surface area contributed by atoms with Crippen molar-refractivity contribution < 1.29 is 0 Å². The Hall–Kier alpha value is -3.71. The molecular weight excluding hydrogens is 542 g/mol. The van der Waals surface area contributed by atoms with E-state index >= 15 is 0 Å². The van der Waals surface area contributed by atoms with Crippen LogP contribution in [-0.4, -0.2) is 6.21 Å². The summed E-state index contributed by atoms with van der Waals surface area (Å²) in [6.45, 7) is 33.0. The normalized spacial score (nSPS) is 10.5. The summed E-state index contributed by atoms with van der Waals surface area (Å²) in [5, 5.41) is 7.34. The van der Waals surface area contributed by atoms with E-state index in [9.17, 15) is 0 Å². The number of nitrogens with one attached hydrogen (secondary N) is 1. The van der Waals surface area contributed by atoms with Gasteiger partial charge in [0.15, 0.2) is 0 Å². The quantitative estimate of drug-likeness (QED) is 0.150. The van der Waals surface area contributed by atoms with Crippen LogP contribution in [0.15, 0.2) is 108 Å². The standard InChI is InChI=1S/C18H23N.C12H16.C10H14.2C2H6/c1-13(2)10-17(11-15(4)16(5)12-19)18-9-7-6-8-14(18)3;1-9(2)7-12-6-5-10(3)8-11(12)4;1-3-9-6-5-7-10(4-2)8-9;2*1-2/h6-12,19H,1-5H3;5-6,8H,1,7H2,2-4H3;5-8H,3-4H2,1-2H3;2*1-2H3/b16-15+,17-11+,19-12?;;;;. The highest BCUT2D eigenvalue weighted by atomic mass is 14.3. The fraction of sp³-hybridized carbons (Fsp3) is 0.386. The van der Waals surface area contributed by atoms with Crippen molar-refractivity contribution in [1.82, 2.24) is 0 Å². The molecule has 3 rings (SSSR count). The summed E-state index contributed by atoms with van der Waals surface area (Å²) in [5.41, 5.74) is 15.3. The van der Waals surface area contributed by atoms with Gasteiger partial charge in [0.1, 0.15) is 0 Å². The molecule has 0 aliphatic rings. The van der Waals surface area contributed by atoms with Crippen LogP contribution in [0.1, 0.15) is 115 Å². The van der Waals surface area contributed by atoms with Gasteiger partial charge in [0, 0.05) is 6.21 Å². The van der Waals surface area contributed by atoms with Crippen LogP contribution in [0.5, 0.6) is 0 Å². The second-order valence-corrected chi connectivity index (χ2v) is 11.2. The summed E-state index contributed by atoms with van der Waals surface area (Å²) in [5.74, 6) is 0. The van der Waals surface area contributed by atoms with E-state index < -0.39 is 0 Å². The third kappa shape index (κ3) is 18.6. The highest BCUT2D eigenvalue weighted by Crippen LogP contribution is 2.23. The summed E-state index contributed by atoms with van der Waals surface area (Å²) in [6.07, 6.45) is 9.07. The van der Waals surface area contributed by atoms with Gasteiger partial charge in [-0.3, -0.25) is 0 Å². The lowest BCUT2D eigenvalue weighted by Gasteiger charge is -2.09. The number of rotatable bonds is 8. The largest absolute Gasteiger partial charge is 0.308 e. The van der Waals surface area contributed by atoms with Crippen LogP contribution >= 0.6 is 0 Å². The lowest BCUT2D eigenvalue weighted by molar-refractivity contribution is 1.09. The molecule has 0 aromatic heterocycles. The molecule has 1 nitrogen and oxygen atoms in total. The summed E-state index contributed by atoms with van der Waals surface area (Å²) in [6, 6.07) is 23.7. The van der Waals surface area contributed by atoms with Crippen molar-refractivity contribution in [3.63, 3.8) is 0 Å². The first-order valence-corrected chi connectivity index (χ1v) is 16.8. The van der Waals surface area contributed by atoms with Crippen LogP contribution < -0.4 is 0 Å².